The van der Waals surface area contributed by atoms with Crippen LogP contribution in [-0.2, 0) is 33.7 Å². The predicted octanol–water partition coefficient (Wildman–Crippen LogP) is 5.62. The molecule has 4 N–H and O–H groups in total. The van der Waals surface area contributed by atoms with E-state index in [9.17, 15) is 24.7 Å². The number of hydrogen-bond acceptors (Lipinski definition) is 8. The lowest BCUT2D eigenvalue weighted by atomic mass is 9.86. The molecule has 0 spiro atoms. The molecule has 3 amide bonds. The van der Waals surface area contributed by atoms with Gasteiger partial charge < -0.3 is 15.2 Å². The molecule has 0 aliphatic heterocycles. The number of hydrazine groups is 1. The Hall–Kier alpha value is -5.10. The fraction of sp³-hybridized carbons (Fsp3) is 0.350. The Balaban J connectivity index is 1.42. The third-order valence-electron chi connectivity index (χ3n) is 9.30. The van der Waals surface area contributed by atoms with Gasteiger partial charge >= 0.3 is 6.09 Å². The van der Waals surface area contributed by atoms with Crippen molar-refractivity contribution in [2.45, 2.75) is 70.7 Å². The zero-order chi connectivity index (χ0) is 36.6. The predicted molar refractivity (Wildman–Crippen MR) is 193 cm³/mol. The Morgan fingerprint density at radius 3 is 2.29 bits per heavy atom. The molecule has 1 aliphatic rings. The Morgan fingerprint density at radius 2 is 1.63 bits per heavy atom. The standard InChI is InChI=1S/C40H47N5O6/c1-39(2,3)35(42-38(48)51-4)36(46)43-44(27-29-16-18-30(19-17-29)32-14-10-23-41-26-32)24-22-40(49,25-28-11-6-5-7-12-28)37(47)45(50)34-21-20-31-13-8-9-15-33(31)34/h5-19,23,26,34-35,49-50H,20-22,24-25,27H2,1-4H3,(H,42,48)(H,43,46)/t34?,35-,40?/m1/s1. The Kier molecular flexibility index (Phi) is 11.9. The minimum atomic E-state index is -2.03. The van der Waals surface area contributed by atoms with Gasteiger partial charge in [0.1, 0.15) is 6.04 Å². The molecule has 11 nitrogen and oxygen atoms in total. The average molecular weight is 694 g/mol. The SMILES string of the molecule is COC(=O)N[C@H](C(=O)NN(CCC(O)(Cc1ccccc1)C(=O)N(O)C1CCc2ccccc21)Cc1ccc(-c2cccnc2)cc1)C(C)(C)C. The van der Waals surface area contributed by atoms with Crippen molar-refractivity contribution < 1.29 is 29.4 Å². The van der Waals surface area contributed by atoms with Gasteiger partial charge in [-0.1, -0.05) is 106 Å². The summed E-state index contributed by atoms with van der Waals surface area (Å²) >= 11 is 0. The monoisotopic (exact) mass is 693 g/mol. The number of pyridine rings is 1. The minimum absolute atomic E-state index is 0.0232. The molecule has 1 heterocycles. The van der Waals surface area contributed by atoms with Crippen LogP contribution in [0.2, 0.25) is 0 Å². The van der Waals surface area contributed by atoms with Gasteiger partial charge in [0.05, 0.1) is 13.2 Å². The Morgan fingerprint density at radius 1 is 0.922 bits per heavy atom. The van der Waals surface area contributed by atoms with Gasteiger partial charge in [-0.2, -0.15) is 0 Å². The number of aromatic nitrogens is 1. The van der Waals surface area contributed by atoms with Crippen LogP contribution in [0.4, 0.5) is 4.79 Å². The minimum Gasteiger partial charge on any atom is -0.453 e. The molecule has 1 aliphatic carbocycles. The molecule has 0 saturated heterocycles. The highest BCUT2D eigenvalue weighted by Crippen LogP contribution is 2.36. The molecule has 1 aromatic heterocycles. The van der Waals surface area contributed by atoms with Crippen molar-refractivity contribution in [3.63, 3.8) is 0 Å². The largest absolute Gasteiger partial charge is 0.453 e. The first-order valence-electron chi connectivity index (χ1n) is 17.1. The van der Waals surface area contributed by atoms with Crippen molar-refractivity contribution in [2.75, 3.05) is 13.7 Å². The van der Waals surface area contributed by atoms with Crippen molar-refractivity contribution in [2.24, 2.45) is 5.41 Å². The average Bonchev–Trinajstić information content (AvgIpc) is 3.57. The number of hydroxylamine groups is 2. The summed E-state index contributed by atoms with van der Waals surface area (Å²) in [6, 6.07) is 26.9. The van der Waals surface area contributed by atoms with E-state index in [0.29, 0.717) is 23.5 Å². The number of ether oxygens (including phenoxy) is 1. The number of nitrogens with zero attached hydrogens (tertiary/aromatic N) is 3. The van der Waals surface area contributed by atoms with Crippen molar-refractivity contribution in [1.29, 1.82) is 0 Å². The van der Waals surface area contributed by atoms with E-state index in [4.69, 9.17) is 4.74 Å². The summed E-state index contributed by atoms with van der Waals surface area (Å²) < 4.78 is 4.79. The van der Waals surface area contributed by atoms with Gasteiger partial charge in [-0.3, -0.25) is 25.2 Å². The van der Waals surface area contributed by atoms with E-state index < -0.39 is 41.0 Å². The topological polar surface area (TPSA) is 144 Å². The molecular weight excluding hydrogens is 646 g/mol. The number of benzene rings is 3. The molecule has 2 unspecified atom stereocenters. The van der Waals surface area contributed by atoms with Gasteiger partial charge in [0.2, 0.25) is 0 Å². The van der Waals surface area contributed by atoms with Crippen LogP contribution in [0.15, 0.2) is 103 Å². The quantitative estimate of drug-likeness (QED) is 0.104. The summed E-state index contributed by atoms with van der Waals surface area (Å²) in [4.78, 5) is 44.4. The fourth-order valence-electron chi connectivity index (χ4n) is 6.47. The van der Waals surface area contributed by atoms with E-state index >= 15 is 0 Å². The van der Waals surface area contributed by atoms with Gasteiger partial charge in [-0.25, -0.2) is 14.9 Å². The summed E-state index contributed by atoms with van der Waals surface area (Å²) in [6.07, 6.45) is 3.78. The van der Waals surface area contributed by atoms with Crippen LogP contribution < -0.4 is 10.7 Å². The number of alkyl carbamates (subject to hydrolysis) is 1. The fourth-order valence-corrected chi connectivity index (χ4v) is 6.47. The van der Waals surface area contributed by atoms with Crippen LogP contribution in [0, 0.1) is 5.41 Å². The van der Waals surface area contributed by atoms with Crippen molar-refractivity contribution in [3.8, 4) is 11.1 Å². The number of aryl methyl sites for hydroxylation is 1. The van der Waals surface area contributed by atoms with Crippen LogP contribution in [0.5, 0.6) is 0 Å². The number of methoxy groups -OCH3 is 1. The number of fused-ring (bicyclic) bond motifs is 1. The molecule has 51 heavy (non-hydrogen) atoms. The highest BCUT2D eigenvalue weighted by atomic mass is 16.5. The lowest BCUT2D eigenvalue weighted by Crippen LogP contribution is -2.58. The number of aliphatic hydroxyl groups is 1. The molecule has 0 bridgehead atoms. The number of nitrogens with one attached hydrogen (secondary N) is 2. The summed E-state index contributed by atoms with van der Waals surface area (Å²) in [5.74, 6) is -1.32. The maximum Gasteiger partial charge on any atom is 0.407 e. The first kappa shape index (κ1) is 37.2. The Labute approximate surface area is 299 Å². The maximum atomic E-state index is 14.2. The van der Waals surface area contributed by atoms with Crippen molar-refractivity contribution >= 4 is 17.9 Å². The normalized spacial score (nSPS) is 15.7. The third-order valence-corrected chi connectivity index (χ3v) is 9.30. The van der Waals surface area contributed by atoms with Crippen LogP contribution in [-0.4, -0.2) is 68.6 Å². The van der Waals surface area contributed by atoms with Crippen LogP contribution >= 0.6 is 0 Å². The van der Waals surface area contributed by atoms with Gasteiger partial charge in [0, 0.05) is 38.3 Å². The lowest BCUT2D eigenvalue weighted by Gasteiger charge is -2.36. The van der Waals surface area contributed by atoms with E-state index in [1.807, 2.05) is 112 Å². The zero-order valence-electron chi connectivity index (χ0n) is 29.6. The van der Waals surface area contributed by atoms with Crippen molar-refractivity contribution in [3.05, 3.63) is 126 Å². The van der Waals surface area contributed by atoms with E-state index in [1.54, 1.807) is 17.4 Å². The van der Waals surface area contributed by atoms with Crippen LogP contribution in [0.3, 0.4) is 0 Å². The summed E-state index contributed by atoms with van der Waals surface area (Å²) in [7, 11) is 1.23. The number of rotatable bonds is 13. The van der Waals surface area contributed by atoms with Gasteiger partial charge in [-0.05, 0) is 57.7 Å². The van der Waals surface area contributed by atoms with E-state index in [1.165, 1.54) is 7.11 Å². The highest BCUT2D eigenvalue weighted by Gasteiger charge is 2.43. The maximum absolute atomic E-state index is 14.2. The molecule has 268 valence electrons. The molecule has 0 fully saturated rings. The molecular formula is C40H47N5O6. The number of carbonyl (C=O) groups excluding carboxylic acids is 3. The summed E-state index contributed by atoms with van der Waals surface area (Å²) in [6.45, 7) is 5.70. The van der Waals surface area contributed by atoms with Crippen LogP contribution in [0.1, 0.15) is 61.9 Å². The first-order chi connectivity index (χ1) is 24.4. The molecule has 11 heteroatoms. The highest BCUT2D eigenvalue weighted by molar-refractivity contribution is 5.86. The third kappa shape index (κ3) is 9.37. The van der Waals surface area contributed by atoms with Gasteiger partial charge in [0.15, 0.2) is 5.60 Å². The second kappa shape index (κ2) is 16.3. The molecule has 5 rings (SSSR count). The number of carbonyl (C=O) groups is 3. The zero-order valence-corrected chi connectivity index (χ0v) is 29.6. The Bertz CT molecular complexity index is 1780. The number of amides is 3. The van der Waals surface area contributed by atoms with Gasteiger partial charge in [-0.15, -0.1) is 0 Å². The van der Waals surface area contributed by atoms with Crippen LogP contribution in [0.25, 0.3) is 11.1 Å². The molecule has 0 radical (unpaired) electrons. The molecule has 0 saturated carbocycles. The molecule has 4 aromatic rings. The molecule has 3 atom stereocenters. The first-order valence-corrected chi connectivity index (χ1v) is 17.1. The lowest BCUT2D eigenvalue weighted by molar-refractivity contribution is -0.197. The van der Waals surface area contributed by atoms with E-state index in [-0.39, 0.29) is 25.9 Å². The molecule has 3 aromatic carbocycles. The van der Waals surface area contributed by atoms with E-state index in [0.717, 1.165) is 27.8 Å². The van der Waals surface area contributed by atoms with E-state index in [2.05, 4.69) is 15.7 Å². The number of hydrogen-bond donors (Lipinski definition) is 4. The van der Waals surface area contributed by atoms with Gasteiger partial charge in [0.25, 0.3) is 11.8 Å². The van der Waals surface area contributed by atoms with Crippen molar-refractivity contribution in [1.82, 2.24) is 25.8 Å². The second-order valence-corrected chi connectivity index (χ2v) is 14.1. The second-order valence-electron chi connectivity index (χ2n) is 14.1. The summed E-state index contributed by atoms with van der Waals surface area (Å²) in [5.41, 5.74) is 5.61. The summed E-state index contributed by atoms with van der Waals surface area (Å²) in [5, 5.41) is 28.6. The smallest absolute Gasteiger partial charge is 0.407 e.